The maximum absolute atomic E-state index is 10.8. The van der Waals surface area contributed by atoms with Gasteiger partial charge in [0, 0.05) is 0 Å². The molecule has 0 atom stereocenters. The molecule has 0 aliphatic rings. The minimum atomic E-state index is -0.822. The number of phenolic OH excluding ortho intramolecular Hbond substituents is 1. The SMILES string of the molecule is [O]CC(=O)c1ccccc1O. The average molecular weight is 151 g/mol. The van der Waals surface area contributed by atoms with Crippen LogP contribution < -0.4 is 0 Å². The summed E-state index contributed by atoms with van der Waals surface area (Å²) >= 11 is 0. The zero-order chi connectivity index (χ0) is 8.27. The molecule has 0 saturated heterocycles. The van der Waals surface area contributed by atoms with Crippen LogP contribution in [0.3, 0.4) is 0 Å². The number of carbonyl (C=O) groups excluding carboxylic acids is 1. The van der Waals surface area contributed by atoms with Crippen molar-refractivity contribution in [3.63, 3.8) is 0 Å². The Labute approximate surface area is 63.9 Å². The van der Waals surface area contributed by atoms with Gasteiger partial charge < -0.3 is 5.11 Å². The summed E-state index contributed by atoms with van der Waals surface area (Å²) in [7, 11) is 0. The summed E-state index contributed by atoms with van der Waals surface area (Å²) in [5.74, 6) is -0.712. The van der Waals surface area contributed by atoms with Crippen molar-refractivity contribution in [1.82, 2.24) is 0 Å². The molecule has 0 heterocycles. The lowest BCUT2D eigenvalue weighted by Crippen LogP contribution is -2.02. The van der Waals surface area contributed by atoms with Gasteiger partial charge in [-0.2, -0.15) is 0 Å². The van der Waals surface area contributed by atoms with Crippen molar-refractivity contribution >= 4 is 5.78 Å². The van der Waals surface area contributed by atoms with E-state index in [9.17, 15) is 9.90 Å². The number of aromatic hydroxyl groups is 1. The lowest BCUT2D eigenvalue weighted by Gasteiger charge is -1.97. The van der Waals surface area contributed by atoms with Crippen LogP contribution in [0.5, 0.6) is 5.75 Å². The van der Waals surface area contributed by atoms with Crippen molar-refractivity contribution < 1.29 is 15.0 Å². The van der Waals surface area contributed by atoms with Crippen LogP contribution in [0.15, 0.2) is 24.3 Å². The Morgan fingerprint density at radius 2 is 2.00 bits per heavy atom. The van der Waals surface area contributed by atoms with Crippen LogP contribution in [0.2, 0.25) is 0 Å². The number of benzene rings is 1. The summed E-state index contributed by atoms with van der Waals surface area (Å²) in [6, 6.07) is 6.00. The summed E-state index contributed by atoms with van der Waals surface area (Å²) in [6.07, 6.45) is 0. The third-order valence-corrected chi connectivity index (χ3v) is 1.34. The zero-order valence-electron chi connectivity index (χ0n) is 5.78. The quantitative estimate of drug-likeness (QED) is 0.641. The Bertz CT molecular complexity index is 268. The minimum absolute atomic E-state index is 0.0995. The van der Waals surface area contributed by atoms with Crippen LogP contribution in [-0.2, 0) is 5.11 Å². The van der Waals surface area contributed by atoms with Gasteiger partial charge in [0.1, 0.15) is 12.4 Å². The molecule has 0 fully saturated rings. The normalized spacial score (nSPS) is 9.55. The topological polar surface area (TPSA) is 57.2 Å². The molecular formula is C8H7O3. The average Bonchev–Trinajstić information content (AvgIpc) is 2.04. The van der Waals surface area contributed by atoms with E-state index in [1.54, 1.807) is 12.1 Å². The Morgan fingerprint density at radius 1 is 1.36 bits per heavy atom. The van der Waals surface area contributed by atoms with Crippen LogP contribution in [0.4, 0.5) is 0 Å². The Balaban J connectivity index is 3.03. The van der Waals surface area contributed by atoms with Gasteiger partial charge in [-0.05, 0) is 12.1 Å². The molecule has 0 aliphatic carbocycles. The highest BCUT2D eigenvalue weighted by atomic mass is 16.3. The van der Waals surface area contributed by atoms with Crippen LogP contribution in [0.1, 0.15) is 10.4 Å². The number of carbonyl (C=O) groups is 1. The van der Waals surface area contributed by atoms with Crippen LogP contribution in [0.25, 0.3) is 0 Å². The molecule has 0 spiro atoms. The van der Waals surface area contributed by atoms with E-state index in [4.69, 9.17) is 5.11 Å². The standard InChI is InChI=1S/C8H7O3/c9-5-8(11)6-3-1-2-4-7(6)10/h1-4,10H,5H2. The van der Waals surface area contributed by atoms with Crippen molar-refractivity contribution in [2.75, 3.05) is 6.61 Å². The van der Waals surface area contributed by atoms with Crippen molar-refractivity contribution in [2.45, 2.75) is 0 Å². The number of hydrogen-bond acceptors (Lipinski definition) is 2. The molecule has 1 aromatic carbocycles. The molecule has 0 amide bonds. The fourth-order valence-corrected chi connectivity index (χ4v) is 0.787. The number of phenols is 1. The molecule has 1 N–H and O–H groups in total. The van der Waals surface area contributed by atoms with Crippen LogP contribution in [0, 0.1) is 0 Å². The molecule has 0 aromatic heterocycles. The summed E-state index contributed by atoms with van der Waals surface area (Å²) in [5.41, 5.74) is 0.0995. The van der Waals surface area contributed by atoms with Gasteiger partial charge in [-0.15, -0.1) is 0 Å². The molecular weight excluding hydrogens is 144 g/mol. The molecule has 0 aliphatic heterocycles. The van der Waals surface area contributed by atoms with Gasteiger partial charge in [0.2, 0.25) is 0 Å². The van der Waals surface area contributed by atoms with Gasteiger partial charge >= 0.3 is 0 Å². The van der Waals surface area contributed by atoms with E-state index >= 15 is 0 Å². The molecule has 11 heavy (non-hydrogen) atoms. The molecule has 1 rings (SSSR count). The monoisotopic (exact) mass is 151 g/mol. The smallest absolute Gasteiger partial charge is 0.195 e. The Morgan fingerprint density at radius 3 is 2.55 bits per heavy atom. The third-order valence-electron chi connectivity index (χ3n) is 1.34. The summed E-state index contributed by atoms with van der Waals surface area (Å²) < 4.78 is 0. The molecule has 0 saturated carbocycles. The number of para-hydroxylation sites is 1. The first kappa shape index (κ1) is 7.75. The number of ketones is 1. The predicted molar refractivity (Wildman–Crippen MR) is 38.0 cm³/mol. The van der Waals surface area contributed by atoms with E-state index in [2.05, 4.69) is 0 Å². The molecule has 3 nitrogen and oxygen atoms in total. The van der Waals surface area contributed by atoms with Crippen molar-refractivity contribution in [1.29, 1.82) is 0 Å². The van der Waals surface area contributed by atoms with E-state index in [0.29, 0.717) is 0 Å². The van der Waals surface area contributed by atoms with E-state index in [0.717, 1.165) is 0 Å². The van der Waals surface area contributed by atoms with E-state index in [1.165, 1.54) is 12.1 Å². The molecule has 3 heteroatoms. The molecule has 57 valence electrons. The minimum Gasteiger partial charge on any atom is -0.507 e. The van der Waals surface area contributed by atoms with Gasteiger partial charge in [0.05, 0.1) is 5.56 Å². The van der Waals surface area contributed by atoms with Gasteiger partial charge in [-0.25, -0.2) is 5.11 Å². The second-order valence-corrected chi connectivity index (χ2v) is 2.08. The first-order valence-electron chi connectivity index (χ1n) is 3.15. The van der Waals surface area contributed by atoms with Gasteiger partial charge in [0.25, 0.3) is 0 Å². The second kappa shape index (κ2) is 3.16. The highest BCUT2D eigenvalue weighted by molar-refractivity contribution is 5.99. The zero-order valence-corrected chi connectivity index (χ0v) is 5.78. The predicted octanol–water partition coefficient (Wildman–Crippen LogP) is 1.01. The van der Waals surface area contributed by atoms with Crippen molar-refractivity contribution in [2.24, 2.45) is 0 Å². The summed E-state index contributed by atoms with van der Waals surface area (Å²) in [5, 5.41) is 19.2. The first-order chi connectivity index (χ1) is 5.25. The number of hydrogen-bond donors (Lipinski definition) is 1. The Kier molecular flexibility index (Phi) is 2.23. The lowest BCUT2D eigenvalue weighted by atomic mass is 10.1. The van der Waals surface area contributed by atoms with Crippen molar-refractivity contribution in [3.05, 3.63) is 29.8 Å². The van der Waals surface area contributed by atoms with E-state index < -0.39 is 12.4 Å². The van der Waals surface area contributed by atoms with Gasteiger partial charge in [-0.3, -0.25) is 4.79 Å². The molecule has 0 bridgehead atoms. The van der Waals surface area contributed by atoms with E-state index in [-0.39, 0.29) is 11.3 Å². The summed E-state index contributed by atoms with van der Waals surface area (Å²) in [4.78, 5) is 10.8. The Hall–Kier alpha value is -1.35. The lowest BCUT2D eigenvalue weighted by molar-refractivity contribution is 0.0824. The van der Waals surface area contributed by atoms with Crippen molar-refractivity contribution in [3.8, 4) is 5.75 Å². The second-order valence-electron chi connectivity index (χ2n) is 2.08. The maximum atomic E-state index is 10.8. The fraction of sp³-hybridized carbons (Fsp3) is 0.125. The maximum Gasteiger partial charge on any atom is 0.195 e. The highest BCUT2D eigenvalue weighted by Crippen LogP contribution is 2.15. The van der Waals surface area contributed by atoms with Gasteiger partial charge in [-0.1, -0.05) is 12.1 Å². The highest BCUT2D eigenvalue weighted by Gasteiger charge is 2.08. The molecule has 1 aromatic rings. The largest absolute Gasteiger partial charge is 0.507 e. The molecule has 1 radical (unpaired) electrons. The number of Topliss-reactive ketones (excluding diaryl/α,β-unsaturated/α-hetero) is 1. The van der Waals surface area contributed by atoms with Gasteiger partial charge in [0.15, 0.2) is 5.78 Å². The van der Waals surface area contributed by atoms with Crippen LogP contribution in [-0.4, -0.2) is 17.5 Å². The number of rotatable bonds is 2. The third kappa shape index (κ3) is 1.56. The fourth-order valence-electron chi connectivity index (χ4n) is 0.787. The van der Waals surface area contributed by atoms with E-state index in [1.807, 2.05) is 0 Å². The summed E-state index contributed by atoms with van der Waals surface area (Å²) in [6.45, 7) is -0.822. The first-order valence-corrected chi connectivity index (χ1v) is 3.15. The molecule has 0 unspecified atom stereocenters. The van der Waals surface area contributed by atoms with Crippen LogP contribution >= 0.6 is 0 Å².